The van der Waals surface area contributed by atoms with E-state index < -0.39 is 0 Å². The number of methoxy groups -OCH3 is 1. The van der Waals surface area contributed by atoms with Crippen LogP contribution in [0.15, 0.2) is 11.4 Å². The molecule has 9 heavy (non-hydrogen) atoms. The van der Waals surface area contributed by atoms with Crippen molar-refractivity contribution < 1.29 is 36.0 Å². The van der Waals surface area contributed by atoms with Crippen molar-refractivity contribution in [3.8, 4) is 10.8 Å². The summed E-state index contributed by atoms with van der Waals surface area (Å²) < 4.78 is 4.79. The zero-order chi connectivity index (χ0) is 5.98. The fourth-order valence-electron chi connectivity index (χ4n) is 0.415. The Labute approximate surface area is 76.6 Å². The van der Waals surface area contributed by atoms with E-state index in [1.54, 1.807) is 18.6 Å². The summed E-state index contributed by atoms with van der Waals surface area (Å²) in [6, 6.07) is 1.57. The van der Waals surface area contributed by atoms with E-state index in [0.29, 0.717) is 10.8 Å². The Kier molecular flexibility index (Phi) is 4.15. The predicted octanol–water partition coefficient (Wildman–Crippen LogP) is 1.46. The normalized spacial score (nSPS) is 8.11. The van der Waals surface area contributed by atoms with Crippen LogP contribution < -0.4 is 4.74 Å². The second-order valence-corrected chi connectivity index (χ2v) is 2.21. The minimum absolute atomic E-state index is 0. The van der Waals surface area contributed by atoms with E-state index >= 15 is 0 Å². The summed E-state index contributed by atoms with van der Waals surface area (Å²) in [7, 11) is 1.57. The van der Waals surface area contributed by atoms with E-state index in [9.17, 15) is 0 Å². The molecule has 0 aliphatic heterocycles. The number of thiophene rings is 1. The molecule has 2 nitrogen and oxygen atoms in total. The van der Waals surface area contributed by atoms with Gasteiger partial charge in [0, 0.05) is 37.6 Å². The zero-order valence-electron chi connectivity index (χ0n) is 4.92. The molecule has 0 saturated heterocycles. The molecule has 1 aromatic rings. The molecule has 0 fully saturated rings. The van der Waals surface area contributed by atoms with Crippen molar-refractivity contribution in [2.45, 2.75) is 0 Å². The van der Waals surface area contributed by atoms with Gasteiger partial charge < -0.3 is 9.84 Å². The van der Waals surface area contributed by atoms with Crippen LogP contribution in [0.3, 0.4) is 0 Å². The molecule has 48 valence electrons. The fraction of sp³-hybridized carbons (Fsp3) is 0.200. The first-order valence-electron chi connectivity index (χ1n) is 2.14. The maximum absolute atomic E-state index is 8.72. The van der Waals surface area contributed by atoms with Crippen molar-refractivity contribution in [2.75, 3.05) is 7.11 Å². The van der Waals surface area contributed by atoms with Crippen LogP contribution in [0.25, 0.3) is 0 Å². The minimum Gasteiger partial charge on any atom is -0.499 e. The van der Waals surface area contributed by atoms with E-state index in [2.05, 4.69) is 0 Å². The Balaban J connectivity index is 0.000000640. The van der Waals surface area contributed by atoms with Crippen LogP contribution in [-0.2, 0) is 26.2 Å². The third-order valence-corrected chi connectivity index (χ3v) is 1.51. The fourth-order valence-corrected chi connectivity index (χ4v) is 1.00. The molecule has 1 N–H and O–H groups in total. The Bertz CT molecular complexity index is 175. The standard InChI is InChI=1S/C5H6O2S.Zr/c1-7-4-2-5(6)8-3-4;/h2-3,6H,1H3;. The predicted molar refractivity (Wildman–Crippen MR) is 32.5 cm³/mol. The van der Waals surface area contributed by atoms with Crippen LogP contribution in [0, 0.1) is 0 Å². The second-order valence-electron chi connectivity index (χ2n) is 1.32. The average molecular weight is 221 g/mol. The van der Waals surface area contributed by atoms with Crippen LogP contribution in [0.5, 0.6) is 10.8 Å². The van der Waals surface area contributed by atoms with E-state index in [0.717, 1.165) is 0 Å². The van der Waals surface area contributed by atoms with E-state index in [-0.39, 0.29) is 26.2 Å². The molecule has 4 heteroatoms. The summed E-state index contributed by atoms with van der Waals surface area (Å²) in [5.74, 6) is 0.715. The molecular formula is C5H6O2SZr. The molecule has 0 bridgehead atoms. The Morgan fingerprint density at radius 1 is 1.67 bits per heavy atom. The van der Waals surface area contributed by atoms with Gasteiger partial charge in [-0.05, 0) is 0 Å². The van der Waals surface area contributed by atoms with Crippen LogP contribution in [0.2, 0.25) is 0 Å². The molecule has 1 heterocycles. The third-order valence-electron chi connectivity index (χ3n) is 0.797. The van der Waals surface area contributed by atoms with E-state index in [1.165, 1.54) is 11.3 Å². The maximum Gasteiger partial charge on any atom is 0.174 e. The van der Waals surface area contributed by atoms with Gasteiger partial charge in [-0.15, -0.1) is 11.3 Å². The van der Waals surface area contributed by atoms with Gasteiger partial charge in [0.2, 0.25) is 0 Å². The zero-order valence-corrected chi connectivity index (χ0v) is 8.19. The Hall–Kier alpha value is 0.183. The summed E-state index contributed by atoms with van der Waals surface area (Å²) in [5, 5.41) is 10.8. The van der Waals surface area contributed by atoms with Gasteiger partial charge in [0.05, 0.1) is 7.11 Å². The molecule has 0 saturated carbocycles. The molecule has 0 aliphatic rings. The molecule has 0 atom stereocenters. The first kappa shape index (κ1) is 9.18. The first-order valence-corrected chi connectivity index (χ1v) is 3.02. The first-order chi connectivity index (χ1) is 3.83. The Morgan fingerprint density at radius 2 is 2.33 bits per heavy atom. The van der Waals surface area contributed by atoms with Gasteiger partial charge in [-0.2, -0.15) is 0 Å². The molecule has 0 aliphatic carbocycles. The van der Waals surface area contributed by atoms with E-state index in [4.69, 9.17) is 9.84 Å². The summed E-state index contributed by atoms with van der Waals surface area (Å²) in [6.07, 6.45) is 0. The summed E-state index contributed by atoms with van der Waals surface area (Å²) in [5.41, 5.74) is 0. The van der Waals surface area contributed by atoms with Gasteiger partial charge in [-0.1, -0.05) is 0 Å². The van der Waals surface area contributed by atoms with E-state index in [1.807, 2.05) is 0 Å². The number of hydrogen-bond donors (Lipinski definition) is 1. The average Bonchev–Trinajstić information content (AvgIpc) is 2.14. The number of rotatable bonds is 1. The van der Waals surface area contributed by atoms with Gasteiger partial charge in [0.15, 0.2) is 5.06 Å². The molecule has 1 aromatic heterocycles. The van der Waals surface area contributed by atoms with Crippen LogP contribution in [0.4, 0.5) is 0 Å². The SMILES string of the molecule is COc1csc(O)c1.[Zr]. The molecular weight excluding hydrogens is 215 g/mol. The van der Waals surface area contributed by atoms with Crippen molar-refractivity contribution in [3.05, 3.63) is 11.4 Å². The quantitative estimate of drug-likeness (QED) is 0.778. The van der Waals surface area contributed by atoms with Crippen molar-refractivity contribution in [3.63, 3.8) is 0 Å². The monoisotopic (exact) mass is 220 g/mol. The summed E-state index contributed by atoms with van der Waals surface area (Å²) >= 11 is 1.26. The van der Waals surface area contributed by atoms with Gasteiger partial charge in [0.1, 0.15) is 5.75 Å². The maximum atomic E-state index is 8.72. The number of ether oxygens (including phenoxy) is 1. The van der Waals surface area contributed by atoms with Gasteiger partial charge >= 0.3 is 0 Å². The topological polar surface area (TPSA) is 29.5 Å². The summed E-state index contributed by atoms with van der Waals surface area (Å²) in [6.45, 7) is 0. The van der Waals surface area contributed by atoms with Crippen molar-refractivity contribution in [1.29, 1.82) is 0 Å². The molecule has 1 rings (SSSR count). The van der Waals surface area contributed by atoms with Crippen molar-refractivity contribution >= 4 is 11.3 Å². The van der Waals surface area contributed by atoms with Crippen LogP contribution in [0.1, 0.15) is 0 Å². The van der Waals surface area contributed by atoms with Crippen LogP contribution >= 0.6 is 11.3 Å². The number of hydrogen-bond acceptors (Lipinski definition) is 3. The van der Waals surface area contributed by atoms with Gasteiger partial charge in [-0.3, -0.25) is 0 Å². The molecule has 0 unspecified atom stereocenters. The molecule has 0 amide bonds. The minimum atomic E-state index is 0. The number of aromatic hydroxyl groups is 1. The smallest absolute Gasteiger partial charge is 0.174 e. The molecule has 0 spiro atoms. The largest absolute Gasteiger partial charge is 0.499 e. The van der Waals surface area contributed by atoms with Crippen LogP contribution in [-0.4, -0.2) is 12.2 Å². The summed E-state index contributed by atoms with van der Waals surface area (Å²) in [4.78, 5) is 0. The van der Waals surface area contributed by atoms with Gasteiger partial charge in [0.25, 0.3) is 0 Å². The molecule has 0 aromatic carbocycles. The van der Waals surface area contributed by atoms with Gasteiger partial charge in [-0.25, -0.2) is 0 Å². The van der Waals surface area contributed by atoms with Crippen molar-refractivity contribution in [1.82, 2.24) is 0 Å². The second kappa shape index (κ2) is 4.07. The Morgan fingerprint density at radius 3 is 2.56 bits per heavy atom. The third kappa shape index (κ3) is 2.50. The molecule has 0 radical (unpaired) electrons. The van der Waals surface area contributed by atoms with Crippen molar-refractivity contribution in [2.24, 2.45) is 0 Å².